The zero-order valence-electron chi connectivity index (χ0n) is 17.2. The van der Waals surface area contributed by atoms with Crippen molar-refractivity contribution in [3.8, 4) is 0 Å². The van der Waals surface area contributed by atoms with Crippen molar-refractivity contribution in [1.29, 1.82) is 0 Å². The molecule has 0 bridgehead atoms. The fourth-order valence-corrected chi connectivity index (χ4v) is 2.00. The predicted octanol–water partition coefficient (Wildman–Crippen LogP) is 0.892. The largest absolute Gasteiger partial charge is 0.478 e. The number of halogens is 3. The average molecular weight is 479 g/mol. The fraction of sp³-hybridized carbons (Fsp3) is 0.412. The highest BCUT2D eigenvalue weighted by atomic mass is 32.1. The summed E-state index contributed by atoms with van der Waals surface area (Å²) in [7, 11) is 1.71. The highest BCUT2D eigenvalue weighted by Crippen LogP contribution is 2.14. The smallest absolute Gasteiger partial charge is 0.408 e. The van der Waals surface area contributed by atoms with Crippen LogP contribution in [0.3, 0.4) is 0 Å². The van der Waals surface area contributed by atoms with Gasteiger partial charge in [0.1, 0.15) is 18.2 Å². The Morgan fingerprint density at radius 1 is 1.31 bits per heavy atom. The number of anilines is 1. The van der Waals surface area contributed by atoms with E-state index < -0.39 is 24.7 Å². The molecule has 7 N–H and O–H groups in total. The van der Waals surface area contributed by atoms with Gasteiger partial charge in [-0.3, -0.25) is 0 Å². The summed E-state index contributed by atoms with van der Waals surface area (Å²) in [4.78, 5) is 30.7. The number of carbonyl (C=O) groups is 2. The van der Waals surface area contributed by atoms with Crippen LogP contribution >= 0.6 is 12.2 Å². The van der Waals surface area contributed by atoms with Gasteiger partial charge in [0.05, 0.1) is 0 Å². The van der Waals surface area contributed by atoms with Crippen LogP contribution in [0.2, 0.25) is 0 Å². The van der Waals surface area contributed by atoms with Crippen molar-refractivity contribution in [2.24, 2.45) is 10.7 Å². The zero-order chi connectivity index (χ0) is 24.7. The number of rotatable bonds is 8. The number of aliphatic carboxylic acids is 2. The summed E-state index contributed by atoms with van der Waals surface area (Å²) in [5.41, 5.74) is 5.42. The number of aromatic nitrogens is 2. The van der Waals surface area contributed by atoms with Crippen molar-refractivity contribution in [2.75, 3.05) is 18.9 Å². The summed E-state index contributed by atoms with van der Waals surface area (Å²) in [6.45, 7) is 0.632. The second-order valence-corrected chi connectivity index (χ2v) is 6.25. The van der Waals surface area contributed by atoms with E-state index >= 15 is 0 Å². The third kappa shape index (κ3) is 15.4. The third-order valence-electron chi connectivity index (χ3n) is 3.24. The molecular formula is C17H24F3N7O4S. The molecule has 1 atom stereocenters. The molecule has 1 unspecified atom stereocenters. The first-order chi connectivity index (χ1) is 14.9. The molecule has 11 nitrogen and oxygen atoms in total. The molecule has 0 aliphatic carbocycles. The van der Waals surface area contributed by atoms with E-state index in [9.17, 15) is 22.8 Å². The Kier molecular flexibility index (Phi) is 12.9. The van der Waals surface area contributed by atoms with Crippen molar-refractivity contribution in [3.05, 3.63) is 30.2 Å². The Bertz CT molecular complexity index is 819. The Labute approximate surface area is 187 Å². The quantitative estimate of drug-likeness (QED) is 0.135. The standard InChI is InChI=1S/C13H20F3N7S.C4H4O4/c1-3-8(21-12(24)18-2)6-10-19-5-4-9(22-10)23-11(17)20-7-13(14,15)16;5-3(6)1-2-4(7)8/h4-5,8H,3,6-7H2,1-2H3,(H2,18,21,24)(H3,17,19,20,22,23);1-2H,(H,5,6)(H,7,8). The van der Waals surface area contributed by atoms with Crippen molar-refractivity contribution >= 4 is 41.0 Å². The topological polar surface area (TPSA) is 175 Å². The Balaban J connectivity index is 0.00000102. The first-order valence-electron chi connectivity index (χ1n) is 8.94. The molecule has 1 aromatic rings. The molecule has 0 fully saturated rings. The summed E-state index contributed by atoms with van der Waals surface area (Å²) in [6.07, 6.45) is -0.518. The minimum Gasteiger partial charge on any atom is -0.478 e. The molecule has 0 aromatic carbocycles. The highest BCUT2D eigenvalue weighted by molar-refractivity contribution is 7.80. The van der Waals surface area contributed by atoms with Crippen LogP contribution in [-0.2, 0) is 16.0 Å². The second kappa shape index (κ2) is 14.5. The van der Waals surface area contributed by atoms with Crippen LogP contribution in [0.1, 0.15) is 19.2 Å². The van der Waals surface area contributed by atoms with E-state index in [1.165, 1.54) is 12.3 Å². The van der Waals surface area contributed by atoms with E-state index in [-0.39, 0.29) is 17.8 Å². The molecule has 0 saturated carbocycles. The van der Waals surface area contributed by atoms with Crippen molar-refractivity contribution in [1.82, 2.24) is 20.6 Å². The number of hydrogen-bond acceptors (Lipinski definition) is 6. The summed E-state index contributed by atoms with van der Waals surface area (Å²) in [5, 5.41) is 24.6. The maximum Gasteiger partial charge on any atom is 0.408 e. The second-order valence-electron chi connectivity index (χ2n) is 5.84. The zero-order valence-corrected chi connectivity index (χ0v) is 18.0. The molecule has 0 amide bonds. The van der Waals surface area contributed by atoms with Gasteiger partial charge in [-0.05, 0) is 24.7 Å². The summed E-state index contributed by atoms with van der Waals surface area (Å²) < 4.78 is 36.3. The number of thiocarbonyl (C=S) groups is 1. The Hall–Kier alpha value is -3.49. The van der Waals surface area contributed by atoms with Gasteiger partial charge in [0.2, 0.25) is 0 Å². The molecule has 0 spiro atoms. The highest BCUT2D eigenvalue weighted by Gasteiger charge is 2.26. The molecule has 1 rings (SSSR count). The molecular weight excluding hydrogens is 455 g/mol. The minimum atomic E-state index is -4.41. The lowest BCUT2D eigenvalue weighted by Crippen LogP contribution is -2.41. The van der Waals surface area contributed by atoms with Crippen LogP contribution in [0, 0.1) is 0 Å². The fourth-order valence-electron chi connectivity index (χ4n) is 1.83. The summed E-state index contributed by atoms with van der Waals surface area (Å²) in [6, 6.07) is 1.52. The first kappa shape index (κ1) is 28.5. The predicted molar refractivity (Wildman–Crippen MR) is 115 cm³/mol. The summed E-state index contributed by atoms with van der Waals surface area (Å²) in [5.74, 6) is -2.10. The molecule has 0 aliphatic rings. The van der Waals surface area contributed by atoms with E-state index in [4.69, 9.17) is 28.2 Å². The van der Waals surface area contributed by atoms with Crippen molar-refractivity contribution < 1.29 is 33.0 Å². The number of nitrogens with two attached hydrogens (primary N) is 1. The lowest BCUT2D eigenvalue weighted by molar-refractivity contribution is -0.134. The number of nitrogens with one attached hydrogen (secondary N) is 3. The van der Waals surface area contributed by atoms with Crippen molar-refractivity contribution in [2.45, 2.75) is 32.0 Å². The number of hydrogen-bond donors (Lipinski definition) is 6. The van der Waals surface area contributed by atoms with Gasteiger partial charge in [0.15, 0.2) is 11.1 Å². The van der Waals surface area contributed by atoms with Crippen LogP contribution in [0.5, 0.6) is 0 Å². The normalized spacial score (nSPS) is 12.3. The molecule has 0 aliphatic heterocycles. The SMILES string of the molecule is CCC(Cc1nccc(NC(N)=NCC(F)(F)F)n1)NC(=S)NC.O=C(O)C=CC(=O)O. The van der Waals surface area contributed by atoms with Gasteiger partial charge in [-0.1, -0.05) is 6.92 Å². The molecule has 32 heavy (non-hydrogen) atoms. The van der Waals surface area contributed by atoms with E-state index in [0.29, 0.717) is 29.5 Å². The van der Waals surface area contributed by atoms with Gasteiger partial charge < -0.3 is 31.9 Å². The maximum atomic E-state index is 12.1. The first-order valence-corrected chi connectivity index (χ1v) is 9.34. The minimum absolute atomic E-state index is 0.0245. The molecule has 0 radical (unpaired) electrons. The van der Waals surface area contributed by atoms with Gasteiger partial charge in [-0.25, -0.2) is 24.5 Å². The Morgan fingerprint density at radius 3 is 2.38 bits per heavy atom. The van der Waals surface area contributed by atoms with E-state index in [1.807, 2.05) is 6.92 Å². The number of alkyl halides is 3. The molecule has 1 aromatic heterocycles. The van der Waals surface area contributed by atoms with Crippen LogP contribution in [-0.4, -0.2) is 69.0 Å². The number of guanidine groups is 1. The third-order valence-corrected chi connectivity index (χ3v) is 3.56. The van der Waals surface area contributed by atoms with Crippen LogP contribution in [0.25, 0.3) is 0 Å². The monoisotopic (exact) mass is 479 g/mol. The average Bonchev–Trinajstić information content (AvgIpc) is 2.70. The lowest BCUT2D eigenvalue weighted by Gasteiger charge is -2.17. The molecule has 1 heterocycles. The van der Waals surface area contributed by atoms with Gasteiger partial charge in [-0.2, -0.15) is 13.2 Å². The lowest BCUT2D eigenvalue weighted by atomic mass is 10.1. The van der Waals surface area contributed by atoms with Crippen LogP contribution < -0.4 is 21.7 Å². The van der Waals surface area contributed by atoms with Gasteiger partial charge in [0.25, 0.3) is 0 Å². The van der Waals surface area contributed by atoms with E-state index in [2.05, 4.69) is 30.9 Å². The van der Waals surface area contributed by atoms with Crippen molar-refractivity contribution in [3.63, 3.8) is 0 Å². The number of nitrogens with zero attached hydrogens (tertiary/aromatic N) is 3. The number of aliphatic imine (C=N–C) groups is 1. The molecule has 178 valence electrons. The maximum absolute atomic E-state index is 12.1. The Morgan fingerprint density at radius 2 is 1.91 bits per heavy atom. The van der Waals surface area contributed by atoms with E-state index in [1.54, 1.807) is 7.05 Å². The number of carboxylic acid groups (broad SMARTS) is 2. The van der Waals surface area contributed by atoms with Gasteiger partial charge in [0, 0.05) is 37.9 Å². The van der Waals surface area contributed by atoms with E-state index in [0.717, 1.165) is 6.42 Å². The molecule has 15 heteroatoms. The van der Waals surface area contributed by atoms with Crippen LogP contribution in [0.4, 0.5) is 19.0 Å². The molecule has 0 saturated heterocycles. The van der Waals surface area contributed by atoms with Gasteiger partial charge in [-0.15, -0.1) is 0 Å². The van der Waals surface area contributed by atoms with Crippen LogP contribution in [0.15, 0.2) is 29.4 Å². The number of carboxylic acids is 2. The van der Waals surface area contributed by atoms with Gasteiger partial charge >= 0.3 is 18.1 Å². The summed E-state index contributed by atoms with van der Waals surface area (Å²) >= 11 is 5.06.